The summed E-state index contributed by atoms with van der Waals surface area (Å²) in [7, 11) is 0. The van der Waals surface area contributed by atoms with Crippen molar-refractivity contribution in [2.24, 2.45) is 11.0 Å². The standard InChI is InChI=1S/C16H18N2OS2/c1-2-11-5-6-14-12(8-11)9-15(21-14)16(19)18-17-10-13-4-3-7-20-13/h3-4,7,9-11H,2,5-6,8H2,1H3,(H,18,19)/b17-10+. The van der Waals surface area contributed by atoms with E-state index in [0.717, 1.165) is 28.5 Å². The van der Waals surface area contributed by atoms with Crippen LogP contribution < -0.4 is 5.43 Å². The molecule has 3 rings (SSSR count). The fourth-order valence-electron chi connectivity index (χ4n) is 2.63. The first kappa shape index (κ1) is 14.5. The Morgan fingerprint density at radius 3 is 3.24 bits per heavy atom. The van der Waals surface area contributed by atoms with Crippen LogP contribution in [0.4, 0.5) is 0 Å². The van der Waals surface area contributed by atoms with E-state index in [9.17, 15) is 4.79 Å². The molecule has 0 radical (unpaired) electrons. The van der Waals surface area contributed by atoms with Crippen molar-refractivity contribution >= 4 is 34.8 Å². The van der Waals surface area contributed by atoms with Crippen molar-refractivity contribution in [1.82, 2.24) is 5.43 Å². The Balaban J connectivity index is 1.64. The Morgan fingerprint density at radius 1 is 1.57 bits per heavy atom. The number of nitrogens with one attached hydrogen (secondary N) is 1. The lowest BCUT2D eigenvalue weighted by molar-refractivity contribution is 0.0959. The van der Waals surface area contributed by atoms with Crippen LogP contribution in [-0.2, 0) is 12.8 Å². The van der Waals surface area contributed by atoms with Crippen molar-refractivity contribution in [3.63, 3.8) is 0 Å². The van der Waals surface area contributed by atoms with Gasteiger partial charge in [-0.3, -0.25) is 4.79 Å². The largest absolute Gasteiger partial charge is 0.281 e. The number of thiophene rings is 2. The summed E-state index contributed by atoms with van der Waals surface area (Å²) >= 11 is 3.22. The van der Waals surface area contributed by atoms with E-state index in [1.54, 1.807) is 28.9 Å². The molecule has 0 saturated carbocycles. The molecule has 0 aromatic carbocycles. The van der Waals surface area contributed by atoms with Crippen LogP contribution in [0, 0.1) is 5.92 Å². The third-order valence-electron chi connectivity index (χ3n) is 3.89. The van der Waals surface area contributed by atoms with Crippen LogP contribution in [0.5, 0.6) is 0 Å². The zero-order valence-electron chi connectivity index (χ0n) is 12.0. The highest BCUT2D eigenvalue weighted by Crippen LogP contribution is 2.33. The third kappa shape index (κ3) is 3.41. The molecule has 21 heavy (non-hydrogen) atoms. The first-order valence-electron chi connectivity index (χ1n) is 7.24. The zero-order chi connectivity index (χ0) is 14.7. The molecule has 0 bridgehead atoms. The first-order chi connectivity index (χ1) is 10.3. The summed E-state index contributed by atoms with van der Waals surface area (Å²) < 4.78 is 0. The molecule has 2 heterocycles. The van der Waals surface area contributed by atoms with Crippen LogP contribution in [-0.4, -0.2) is 12.1 Å². The van der Waals surface area contributed by atoms with Crippen molar-refractivity contribution in [2.45, 2.75) is 32.6 Å². The second kappa shape index (κ2) is 6.54. The predicted octanol–water partition coefficient (Wildman–Crippen LogP) is 4.09. The number of fused-ring (bicyclic) bond motifs is 1. The van der Waals surface area contributed by atoms with Crippen LogP contribution >= 0.6 is 22.7 Å². The van der Waals surface area contributed by atoms with E-state index in [4.69, 9.17) is 0 Å². The molecule has 1 unspecified atom stereocenters. The third-order valence-corrected chi connectivity index (χ3v) is 5.93. The normalized spacial score (nSPS) is 17.9. The number of carbonyl (C=O) groups is 1. The Bertz CT molecular complexity index is 643. The fourth-order valence-corrected chi connectivity index (χ4v) is 4.32. The molecule has 0 saturated heterocycles. The molecule has 110 valence electrons. The van der Waals surface area contributed by atoms with Gasteiger partial charge in [0.1, 0.15) is 0 Å². The number of amides is 1. The number of hydrazone groups is 1. The SMILES string of the molecule is CCC1CCc2sc(C(=O)N/N=C/c3cccs3)cc2C1. The molecule has 1 aliphatic carbocycles. The molecule has 3 nitrogen and oxygen atoms in total. The van der Waals surface area contributed by atoms with Crippen LogP contribution in [0.15, 0.2) is 28.7 Å². The number of aryl methyl sites for hydroxylation is 1. The summed E-state index contributed by atoms with van der Waals surface area (Å²) in [6.07, 6.45) is 6.39. The minimum atomic E-state index is -0.102. The van der Waals surface area contributed by atoms with Crippen LogP contribution in [0.3, 0.4) is 0 Å². The first-order valence-corrected chi connectivity index (χ1v) is 8.94. The van der Waals surface area contributed by atoms with E-state index in [1.807, 2.05) is 17.5 Å². The molecule has 5 heteroatoms. The molecular formula is C16H18N2OS2. The topological polar surface area (TPSA) is 41.5 Å². The monoisotopic (exact) mass is 318 g/mol. The van der Waals surface area contributed by atoms with E-state index in [2.05, 4.69) is 23.5 Å². The van der Waals surface area contributed by atoms with Gasteiger partial charge in [0, 0.05) is 9.75 Å². The van der Waals surface area contributed by atoms with Crippen molar-refractivity contribution < 1.29 is 4.79 Å². The average Bonchev–Trinajstić information content (AvgIpc) is 3.15. The van der Waals surface area contributed by atoms with Crippen molar-refractivity contribution in [3.05, 3.63) is 43.8 Å². The zero-order valence-corrected chi connectivity index (χ0v) is 13.6. The Labute approximate surface area is 132 Å². The second-order valence-electron chi connectivity index (χ2n) is 5.29. The highest BCUT2D eigenvalue weighted by Gasteiger charge is 2.21. The Kier molecular flexibility index (Phi) is 4.51. The maximum Gasteiger partial charge on any atom is 0.281 e. The maximum absolute atomic E-state index is 12.1. The van der Waals surface area contributed by atoms with E-state index in [-0.39, 0.29) is 5.91 Å². The fraction of sp³-hybridized carbons (Fsp3) is 0.375. The smallest absolute Gasteiger partial charge is 0.266 e. The molecule has 0 spiro atoms. The minimum absolute atomic E-state index is 0.102. The maximum atomic E-state index is 12.1. The molecule has 1 N–H and O–H groups in total. The molecular weight excluding hydrogens is 300 g/mol. The quantitative estimate of drug-likeness (QED) is 0.669. The van der Waals surface area contributed by atoms with Gasteiger partial charge in [-0.25, -0.2) is 5.43 Å². The lowest BCUT2D eigenvalue weighted by Gasteiger charge is -2.19. The number of nitrogens with zero attached hydrogens (tertiary/aromatic N) is 1. The summed E-state index contributed by atoms with van der Waals surface area (Å²) in [5.74, 6) is 0.676. The summed E-state index contributed by atoms with van der Waals surface area (Å²) in [5, 5.41) is 6.01. The average molecular weight is 318 g/mol. The predicted molar refractivity (Wildman–Crippen MR) is 89.5 cm³/mol. The van der Waals surface area contributed by atoms with E-state index in [1.165, 1.54) is 23.3 Å². The van der Waals surface area contributed by atoms with Gasteiger partial charge in [-0.05, 0) is 48.3 Å². The summed E-state index contributed by atoms with van der Waals surface area (Å²) in [4.78, 5) is 15.3. The van der Waals surface area contributed by atoms with Gasteiger partial charge in [0.05, 0.1) is 11.1 Å². The molecule has 1 amide bonds. The molecule has 0 fully saturated rings. The van der Waals surface area contributed by atoms with E-state index < -0.39 is 0 Å². The van der Waals surface area contributed by atoms with Gasteiger partial charge < -0.3 is 0 Å². The summed E-state index contributed by atoms with van der Waals surface area (Å²) in [5.41, 5.74) is 3.99. The lowest BCUT2D eigenvalue weighted by Crippen LogP contribution is -2.16. The number of rotatable bonds is 4. The van der Waals surface area contributed by atoms with Gasteiger partial charge in [-0.1, -0.05) is 19.4 Å². The van der Waals surface area contributed by atoms with Gasteiger partial charge in [-0.2, -0.15) is 5.10 Å². The molecule has 0 aliphatic heterocycles. The summed E-state index contributed by atoms with van der Waals surface area (Å²) in [6, 6.07) is 5.98. The van der Waals surface area contributed by atoms with Crippen molar-refractivity contribution in [3.8, 4) is 0 Å². The van der Waals surface area contributed by atoms with E-state index in [0.29, 0.717) is 0 Å². The molecule has 1 atom stereocenters. The van der Waals surface area contributed by atoms with Crippen molar-refractivity contribution in [2.75, 3.05) is 0 Å². The number of carbonyl (C=O) groups excluding carboxylic acids is 1. The second-order valence-corrected chi connectivity index (χ2v) is 7.41. The molecule has 2 aromatic rings. The number of hydrogen-bond donors (Lipinski definition) is 1. The Morgan fingerprint density at radius 2 is 2.48 bits per heavy atom. The van der Waals surface area contributed by atoms with Crippen LogP contribution in [0.2, 0.25) is 0 Å². The van der Waals surface area contributed by atoms with Gasteiger partial charge >= 0.3 is 0 Å². The van der Waals surface area contributed by atoms with Crippen LogP contribution in [0.1, 0.15) is 44.8 Å². The molecule has 2 aromatic heterocycles. The van der Waals surface area contributed by atoms with Gasteiger partial charge in [-0.15, -0.1) is 22.7 Å². The van der Waals surface area contributed by atoms with E-state index >= 15 is 0 Å². The van der Waals surface area contributed by atoms with Crippen LogP contribution in [0.25, 0.3) is 0 Å². The molecule has 1 aliphatic rings. The summed E-state index contributed by atoms with van der Waals surface area (Å²) in [6.45, 7) is 2.24. The highest BCUT2D eigenvalue weighted by molar-refractivity contribution is 7.14. The van der Waals surface area contributed by atoms with Gasteiger partial charge in [0.15, 0.2) is 0 Å². The minimum Gasteiger partial charge on any atom is -0.266 e. The Hall–Kier alpha value is -1.46. The van der Waals surface area contributed by atoms with Gasteiger partial charge in [0.2, 0.25) is 0 Å². The van der Waals surface area contributed by atoms with Crippen molar-refractivity contribution in [1.29, 1.82) is 0 Å². The highest BCUT2D eigenvalue weighted by atomic mass is 32.1. The number of hydrogen-bond acceptors (Lipinski definition) is 4. The lowest BCUT2D eigenvalue weighted by atomic mass is 9.87. The van der Waals surface area contributed by atoms with Gasteiger partial charge in [0.25, 0.3) is 5.91 Å².